The van der Waals surface area contributed by atoms with Crippen molar-refractivity contribution in [2.75, 3.05) is 11.9 Å². The lowest BCUT2D eigenvalue weighted by atomic mass is 10.1. The second kappa shape index (κ2) is 9.67. The van der Waals surface area contributed by atoms with Crippen molar-refractivity contribution in [3.8, 4) is 21.8 Å². The Morgan fingerprint density at radius 3 is 2.71 bits per heavy atom. The number of hydrogen-bond donors (Lipinski definition) is 3. The molecule has 0 spiro atoms. The summed E-state index contributed by atoms with van der Waals surface area (Å²) in [6.45, 7) is 2.20. The fourth-order valence-electron chi connectivity index (χ4n) is 3.02. The van der Waals surface area contributed by atoms with Gasteiger partial charge in [-0.25, -0.2) is 4.98 Å². The van der Waals surface area contributed by atoms with Crippen molar-refractivity contribution in [3.63, 3.8) is 0 Å². The monoisotopic (exact) mass is 451 g/mol. The summed E-state index contributed by atoms with van der Waals surface area (Å²) >= 11 is 2.96. The van der Waals surface area contributed by atoms with Crippen LogP contribution in [0.5, 0.6) is 0 Å². The van der Waals surface area contributed by atoms with E-state index in [0.29, 0.717) is 17.4 Å². The largest absolute Gasteiger partial charge is 0.356 e. The molecule has 0 atom stereocenters. The molecule has 3 N–H and O–H groups in total. The molecular formula is C22H21N5O2S2. The number of thiophene rings is 1. The van der Waals surface area contributed by atoms with E-state index in [1.54, 1.807) is 17.4 Å². The quantitative estimate of drug-likeness (QED) is 0.341. The van der Waals surface area contributed by atoms with Crippen LogP contribution in [0.4, 0.5) is 5.13 Å². The van der Waals surface area contributed by atoms with Crippen LogP contribution in [-0.4, -0.2) is 33.5 Å². The highest BCUT2D eigenvalue weighted by Crippen LogP contribution is 2.26. The molecule has 1 aromatic carbocycles. The number of amides is 2. The van der Waals surface area contributed by atoms with E-state index in [9.17, 15) is 9.59 Å². The predicted molar refractivity (Wildman–Crippen MR) is 124 cm³/mol. The molecule has 7 nitrogen and oxygen atoms in total. The van der Waals surface area contributed by atoms with Crippen LogP contribution in [0.2, 0.25) is 0 Å². The normalized spacial score (nSPS) is 10.7. The van der Waals surface area contributed by atoms with Crippen molar-refractivity contribution in [1.29, 1.82) is 0 Å². The van der Waals surface area contributed by atoms with Gasteiger partial charge in [-0.3, -0.25) is 20.0 Å². The minimum absolute atomic E-state index is 0.00277. The zero-order valence-electron chi connectivity index (χ0n) is 16.8. The third kappa shape index (κ3) is 5.44. The molecule has 2 amide bonds. The first kappa shape index (κ1) is 21.0. The molecule has 0 aliphatic carbocycles. The second-order valence-electron chi connectivity index (χ2n) is 6.92. The molecule has 0 radical (unpaired) electrons. The van der Waals surface area contributed by atoms with Crippen LogP contribution in [0.15, 0.2) is 53.2 Å². The number of hydrogen-bond acceptors (Lipinski definition) is 6. The molecular weight excluding hydrogens is 430 g/mol. The molecule has 158 valence electrons. The number of aromatic amines is 1. The number of carbonyl (C=O) groups is 2. The third-order valence-electron chi connectivity index (χ3n) is 4.59. The van der Waals surface area contributed by atoms with Crippen LogP contribution in [0.3, 0.4) is 0 Å². The van der Waals surface area contributed by atoms with Crippen LogP contribution in [0.1, 0.15) is 29.4 Å². The average Bonchev–Trinajstić information content (AvgIpc) is 3.53. The van der Waals surface area contributed by atoms with Crippen LogP contribution in [0.25, 0.3) is 21.8 Å². The third-order valence-corrected chi connectivity index (χ3v) is 6.25. The summed E-state index contributed by atoms with van der Waals surface area (Å²) in [5, 5.41) is 17.0. The van der Waals surface area contributed by atoms with E-state index in [-0.39, 0.29) is 11.8 Å². The fourth-order valence-corrected chi connectivity index (χ4v) is 4.43. The molecule has 3 aromatic heterocycles. The van der Waals surface area contributed by atoms with Crippen molar-refractivity contribution < 1.29 is 9.59 Å². The maximum Gasteiger partial charge on any atom is 0.277 e. The molecule has 0 aliphatic heterocycles. The Labute approximate surface area is 187 Å². The van der Waals surface area contributed by atoms with E-state index in [2.05, 4.69) is 37.9 Å². The summed E-state index contributed by atoms with van der Waals surface area (Å²) in [4.78, 5) is 29.0. The predicted octanol–water partition coefficient (Wildman–Crippen LogP) is 4.58. The molecule has 0 unspecified atom stereocenters. The van der Waals surface area contributed by atoms with E-state index >= 15 is 0 Å². The number of nitrogens with zero attached hydrogens (tertiary/aromatic N) is 2. The zero-order valence-corrected chi connectivity index (χ0v) is 18.5. The van der Waals surface area contributed by atoms with Gasteiger partial charge in [0.05, 0.1) is 16.3 Å². The second-order valence-corrected chi connectivity index (χ2v) is 8.73. The Bertz CT molecular complexity index is 1160. The molecule has 4 aromatic rings. The topological polar surface area (TPSA) is 99.8 Å². The average molecular weight is 452 g/mol. The molecule has 31 heavy (non-hydrogen) atoms. The molecule has 0 aliphatic rings. The summed E-state index contributed by atoms with van der Waals surface area (Å²) in [7, 11) is 0. The maximum atomic E-state index is 12.5. The molecule has 0 fully saturated rings. The van der Waals surface area contributed by atoms with Crippen molar-refractivity contribution in [3.05, 3.63) is 64.5 Å². The maximum absolute atomic E-state index is 12.5. The first-order valence-corrected chi connectivity index (χ1v) is 11.5. The van der Waals surface area contributed by atoms with Gasteiger partial charge in [-0.05, 0) is 35.9 Å². The van der Waals surface area contributed by atoms with E-state index in [1.165, 1.54) is 23.8 Å². The Morgan fingerprint density at radius 1 is 1.13 bits per heavy atom. The van der Waals surface area contributed by atoms with Gasteiger partial charge >= 0.3 is 0 Å². The highest BCUT2D eigenvalue weighted by atomic mass is 32.1. The van der Waals surface area contributed by atoms with E-state index in [1.807, 2.05) is 35.0 Å². The summed E-state index contributed by atoms with van der Waals surface area (Å²) in [6.07, 6.45) is 1.79. The first-order chi connectivity index (χ1) is 15.1. The first-order valence-electron chi connectivity index (χ1n) is 9.78. The Hall–Kier alpha value is -3.30. The smallest absolute Gasteiger partial charge is 0.277 e. The lowest BCUT2D eigenvalue weighted by Gasteiger charge is -2.04. The van der Waals surface area contributed by atoms with Gasteiger partial charge in [0.25, 0.3) is 5.91 Å². The van der Waals surface area contributed by atoms with Gasteiger partial charge in [-0.2, -0.15) is 5.10 Å². The van der Waals surface area contributed by atoms with Gasteiger partial charge < -0.3 is 5.32 Å². The highest BCUT2D eigenvalue weighted by Gasteiger charge is 2.14. The lowest BCUT2D eigenvalue weighted by molar-refractivity contribution is -0.118. The summed E-state index contributed by atoms with van der Waals surface area (Å²) in [6, 6.07) is 13.8. The number of carbonyl (C=O) groups excluding carboxylic acids is 2. The number of H-pyrrole nitrogens is 1. The van der Waals surface area contributed by atoms with E-state index in [0.717, 1.165) is 34.7 Å². The SMILES string of the molecule is CC(=O)NCCCc1ccc(-c2csc(NC(=O)c3cc(-c4cccs4)[nH]n3)n2)cc1. The fraction of sp³-hybridized carbons (Fsp3) is 0.182. The minimum Gasteiger partial charge on any atom is -0.356 e. The number of aromatic nitrogens is 3. The van der Waals surface area contributed by atoms with Crippen LogP contribution in [-0.2, 0) is 11.2 Å². The van der Waals surface area contributed by atoms with Crippen LogP contribution in [0, 0.1) is 0 Å². The molecule has 0 saturated heterocycles. The Morgan fingerprint density at radius 2 is 1.97 bits per heavy atom. The van der Waals surface area contributed by atoms with Gasteiger partial charge in [-0.15, -0.1) is 22.7 Å². The van der Waals surface area contributed by atoms with Crippen molar-refractivity contribution in [1.82, 2.24) is 20.5 Å². The van der Waals surface area contributed by atoms with Gasteiger partial charge in [-0.1, -0.05) is 30.3 Å². The highest BCUT2D eigenvalue weighted by molar-refractivity contribution is 7.14. The molecule has 9 heteroatoms. The minimum atomic E-state index is -0.297. The Balaban J connectivity index is 1.35. The van der Waals surface area contributed by atoms with Crippen molar-refractivity contribution >= 4 is 39.6 Å². The number of anilines is 1. The number of benzene rings is 1. The zero-order chi connectivity index (χ0) is 21.6. The van der Waals surface area contributed by atoms with Crippen LogP contribution >= 0.6 is 22.7 Å². The molecule has 0 saturated carbocycles. The molecule has 0 bridgehead atoms. The Kier molecular flexibility index (Phi) is 6.54. The number of thiazole rings is 1. The van der Waals surface area contributed by atoms with Crippen LogP contribution < -0.4 is 10.6 Å². The summed E-state index contributed by atoms with van der Waals surface area (Å²) in [5.41, 5.74) is 4.15. The summed E-state index contributed by atoms with van der Waals surface area (Å²) in [5.74, 6) is -0.300. The van der Waals surface area contributed by atoms with Crippen molar-refractivity contribution in [2.24, 2.45) is 0 Å². The van der Waals surface area contributed by atoms with Gasteiger partial charge in [0, 0.05) is 24.4 Å². The number of aryl methyl sites for hydroxylation is 1. The van der Waals surface area contributed by atoms with Gasteiger partial charge in [0.2, 0.25) is 5.91 Å². The molecule has 4 rings (SSSR count). The van der Waals surface area contributed by atoms with E-state index < -0.39 is 0 Å². The lowest BCUT2D eigenvalue weighted by Crippen LogP contribution is -2.21. The molecule has 3 heterocycles. The summed E-state index contributed by atoms with van der Waals surface area (Å²) < 4.78 is 0. The van der Waals surface area contributed by atoms with E-state index in [4.69, 9.17) is 0 Å². The van der Waals surface area contributed by atoms with Crippen molar-refractivity contribution in [2.45, 2.75) is 19.8 Å². The van der Waals surface area contributed by atoms with Gasteiger partial charge in [0.15, 0.2) is 10.8 Å². The number of nitrogens with one attached hydrogen (secondary N) is 3. The standard InChI is InChI=1S/C22H21N5O2S2/c1-14(28)23-10-2-4-15-6-8-16(9-7-15)19-13-31-22(24-19)25-21(29)18-12-17(26-27-18)20-5-3-11-30-20/h3,5-9,11-13H,2,4,10H2,1H3,(H,23,28)(H,26,27)(H,24,25,29). The van der Waals surface area contributed by atoms with Gasteiger partial charge in [0.1, 0.15) is 0 Å². The number of rotatable bonds is 8.